The second kappa shape index (κ2) is 5.82. The number of halogens is 2. The highest BCUT2D eigenvalue weighted by molar-refractivity contribution is 9.10. The molecule has 0 aromatic heterocycles. The van der Waals surface area contributed by atoms with E-state index in [1.807, 2.05) is 6.92 Å². The van der Waals surface area contributed by atoms with Crippen LogP contribution >= 0.6 is 15.9 Å². The Morgan fingerprint density at radius 2 is 2.16 bits per heavy atom. The number of carbonyl (C=O) groups is 2. The van der Waals surface area contributed by atoms with E-state index < -0.39 is 0 Å². The first-order valence-corrected chi connectivity index (χ1v) is 7.11. The van der Waals surface area contributed by atoms with Gasteiger partial charge >= 0.3 is 0 Å². The van der Waals surface area contributed by atoms with Crippen LogP contribution < -0.4 is 5.32 Å². The number of benzene rings is 1. The van der Waals surface area contributed by atoms with Crippen LogP contribution in [0.5, 0.6) is 0 Å². The second-order valence-electron chi connectivity index (χ2n) is 4.78. The van der Waals surface area contributed by atoms with Gasteiger partial charge in [-0.05, 0) is 30.2 Å². The average molecular weight is 328 g/mol. The molecule has 1 aromatic carbocycles. The van der Waals surface area contributed by atoms with Gasteiger partial charge in [0.25, 0.3) is 0 Å². The Balaban J connectivity index is 2.40. The molecule has 2 unspecified atom stereocenters. The number of amides is 2. The van der Waals surface area contributed by atoms with Crippen molar-refractivity contribution in [3.05, 3.63) is 34.1 Å². The van der Waals surface area contributed by atoms with E-state index in [1.165, 1.54) is 6.07 Å². The number of nitrogens with one attached hydrogen (secondary N) is 1. The van der Waals surface area contributed by atoms with Gasteiger partial charge in [-0.2, -0.15) is 0 Å². The molecule has 1 fully saturated rings. The van der Waals surface area contributed by atoms with E-state index in [1.54, 1.807) is 12.1 Å². The Kier molecular flexibility index (Phi) is 4.34. The van der Waals surface area contributed by atoms with Crippen molar-refractivity contribution in [1.29, 1.82) is 0 Å². The zero-order valence-corrected chi connectivity index (χ0v) is 12.2. The maximum absolute atomic E-state index is 14.0. The van der Waals surface area contributed by atoms with Crippen molar-refractivity contribution in [2.45, 2.75) is 32.1 Å². The summed E-state index contributed by atoms with van der Waals surface area (Å²) in [4.78, 5) is 23.4. The first kappa shape index (κ1) is 14.2. The lowest BCUT2D eigenvalue weighted by molar-refractivity contribution is -0.137. The second-order valence-corrected chi connectivity index (χ2v) is 5.70. The van der Waals surface area contributed by atoms with Gasteiger partial charge in [0.1, 0.15) is 5.82 Å². The molecule has 0 spiro atoms. The number of hydrogen-bond acceptors (Lipinski definition) is 2. The lowest BCUT2D eigenvalue weighted by Gasteiger charge is -2.30. The number of piperidine rings is 1. The fraction of sp³-hybridized carbons (Fsp3) is 0.429. The molecule has 1 aromatic rings. The molecule has 5 heteroatoms. The van der Waals surface area contributed by atoms with Gasteiger partial charge in [-0.15, -0.1) is 0 Å². The first-order valence-electron chi connectivity index (χ1n) is 6.31. The predicted molar refractivity (Wildman–Crippen MR) is 73.0 cm³/mol. The summed E-state index contributed by atoms with van der Waals surface area (Å²) < 4.78 is 14.7. The molecule has 0 radical (unpaired) electrons. The van der Waals surface area contributed by atoms with E-state index >= 15 is 0 Å². The largest absolute Gasteiger partial charge is 0.296 e. The Morgan fingerprint density at radius 1 is 1.42 bits per heavy atom. The standard InChI is InChI=1S/C14H15BrFNO2/c1-2-3-9-10(7-13(18)17-14(9)19)11-6-8(15)4-5-12(11)16/h4-6,9-10H,2-3,7H2,1H3,(H,17,18,19). The van der Waals surface area contributed by atoms with Gasteiger partial charge in [-0.1, -0.05) is 29.3 Å². The molecule has 1 aliphatic heterocycles. The quantitative estimate of drug-likeness (QED) is 0.867. The fourth-order valence-corrected chi connectivity index (χ4v) is 2.95. The molecule has 0 bridgehead atoms. The van der Waals surface area contributed by atoms with Crippen LogP contribution in [0.4, 0.5) is 4.39 Å². The Morgan fingerprint density at radius 3 is 2.84 bits per heavy atom. The summed E-state index contributed by atoms with van der Waals surface area (Å²) >= 11 is 3.30. The highest BCUT2D eigenvalue weighted by atomic mass is 79.9. The molecule has 3 nitrogen and oxygen atoms in total. The van der Waals surface area contributed by atoms with Gasteiger partial charge in [0.15, 0.2) is 0 Å². The normalized spacial score (nSPS) is 23.3. The van der Waals surface area contributed by atoms with E-state index in [-0.39, 0.29) is 35.9 Å². The topological polar surface area (TPSA) is 46.2 Å². The minimum Gasteiger partial charge on any atom is -0.296 e. The fourth-order valence-electron chi connectivity index (χ4n) is 2.57. The number of carbonyl (C=O) groups excluding carboxylic acids is 2. The minimum atomic E-state index is -0.376. The minimum absolute atomic E-state index is 0.157. The zero-order valence-electron chi connectivity index (χ0n) is 10.6. The molecule has 1 N–H and O–H groups in total. The summed E-state index contributed by atoms with van der Waals surface area (Å²) in [6.45, 7) is 1.97. The number of rotatable bonds is 3. The smallest absolute Gasteiger partial charge is 0.230 e. The monoisotopic (exact) mass is 327 g/mol. The molecule has 1 heterocycles. The lowest BCUT2D eigenvalue weighted by atomic mass is 9.78. The zero-order chi connectivity index (χ0) is 14.0. The van der Waals surface area contributed by atoms with Gasteiger partial charge in [0, 0.05) is 22.7 Å². The molecular weight excluding hydrogens is 313 g/mol. The molecule has 2 rings (SSSR count). The van der Waals surface area contributed by atoms with Crippen LogP contribution in [0.25, 0.3) is 0 Å². The van der Waals surface area contributed by atoms with Crippen molar-refractivity contribution in [3.8, 4) is 0 Å². The highest BCUT2D eigenvalue weighted by Gasteiger charge is 2.37. The summed E-state index contributed by atoms with van der Waals surface area (Å²) in [6, 6.07) is 4.63. The van der Waals surface area contributed by atoms with E-state index in [0.29, 0.717) is 12.0 Å². The van der Waals surface area contributed by atoms with Crippen LogP contribution in [0.2, 0.25) is 0 Å². The van der Waals surface area contributed by atoms with Crippen LogP contribution in [0.1, 0.15) is 37.7 Å². The third kappa shape index (κ3) is 3.03. The van der Waals surface area contributed by atoms with Crippen LogP contribution in [-0.4, -0.2) is 11.8 Å². The molecule has 2 atom stereocenters. The summed E-state index contributed by atoms with van der Waals surface area (Å²) in [7, 11) is 0. The maximum Gasteiger partial charge on any atom is 0.230 e. The Hall–Kier alpha value is -1.23. The van der Waals surface area contributed by atoms with Gasteiger partial charge in [-0.25, -0.2) is 4.39 Å². The SMILES string of the molecule is CCCC1C(=O)NC(=O)CC1c1cc(Br)ccc1F. The molecule has 0 aliphatic carbocycles. The van der Waals surface area contributed by atoms with Crippen LogP contribution in [0, 0.1) is 11.7 Å². The molecule has 1 aliphatic rings. The van der Waals surface area contributed by atoms with E-state index in [0.717, 1.165) is 10.9 Å². The first-order chi connectivity index (χ1) is 9.02. The molecule has 102 valence electrons. The van der Waals surface area contributed by atoms with Crippen molar-refractivity contribution < 1.29 is 14.0 Å². The van der Waals surface area contributed by atoms with E-state index in [9.17, 15) is 14.0 Å². The lowest BCUT2D eigenvalue weighted by Crippen LogP contribution is -2.45. The van der Waals surface area contributed by atoms with Gasteiger partial charge in [0.2, 0.25) is 11.8 Å². The molecule has 2 amide bonds. The maximum atomic E-state index is 14.0. The third-order valence-corrected chi connectivity index (χ3v) is 3.94. The van der Waals surface area contributed by atoms with Crippen LogP contribution in [0.15, 0.2) is 22.7 Å². The Bertz CT molecular complexity index is 518. The molecule has 19 heavy (non-hydrogen) atoms. The van der Waals surface area contributed by atoms with E-state index in [2.05, 4.69) is 21.2 Å². The van der Waals surface area contributed by atoms with Crippen molar-refractivity contribution in [1.82, 2.24) is 5.32 Å². The van der Waals surface area contributed by atoms with Crippen molar-refractivity contribution in [2.75, 3.05) is 0 Å². The summed E-state index contributed by atoms with van der Waals surface area (Å²) in [6.07, 6.45) is 1.62. The summed E-state index contributed by atoms with van der Waals surface area (Å²) in [5.41, 5.74) is 0.441. The third-order valence-electron chi connectivity index (χ3n) is 3.45. The van der Waals surface area contributed by atoms with Crippen molar-refractivity contribution >= 4 is 27.7 Å². The predicted octanol–water partition coefficient (Wildman–Crippen LogP) is 3.13. The summed E-state index contributed by atoms with van der Waals surface area (Å²) in [5, 5.41) is 2.34. The summed E-state index contributed by atoms with van der Waals surface area (Å²) in [5.74, 6) is -1.70. The average Bonchev–Trinajstić information content (AvgIpc) is 2.35. The van der Waals surface area contributed by atoms with Gasteiger partial charge in [0.05, 0.1) is 0 Å². The number of imide groups is 1. The van der Waals surface area contributed by atoms with E-state index in [4.69, 9.17) is 0 Å². The molecule has 1 saturated heterocycles. The Labute approximate surface area is 119 Å². The van der Waals surface area contributed by atoms with Crippen LogP contribution in [-0.2, 0) is 9.59 Å². The molecule has 0 saturated carbocycles. The van der Waals surface area contributed by atoms with Gasteiger partial charge in [-0.3, -0.25) is 14.9 Å². The highest BCUT2D eigenvalue weighted by Crippen LogP contribution is 2.36. The van der Waals surface area contributed by atoms with Gasteiger partial charge < -0.3 is 0 Å². The molecular formula is C14H15BrFNO2. The van der Waals surface area contributed by atoms with Crippen molar-refractivity contribution in [2.24, 2.45) is 5.92 Å². The van der Waals surface area contributed by atoms with Crippen LogP contribution in [0.3, 0.4) is 0 Å². The van der Waals surface area contributed by atoms with Crippen molar-refractivity contribution in [3.63, 3.8) is 0 Å². The number of hydrogen-bond donors (Lipinski definition) is 1.